The van der Waals surface area contributed by atoms with Gasteiger partial charge in [-0.1, -0.05) is 12.1 Å². The van der Waals surface area contributed by atoms with Gasteiger partial charge in [0.15, 0.2) is 11.5 Å². The summed E-state index contributed by atoms with van der Waals surface area (Å²) in [7, 11) is 1.54. The molecule has 2 nitrogen and oxygen atoms in total. The van der Waals surface area contributed by atoms with E-state index in [1.165, 1.54) is 0 Å². The van der Waals surface area contributed by atoms with Crippen molar-refractivity contribution in [3.63, 3.8) is 0 Å². The Morgan fingerprint density at radius 2 is 2.07 bits per heavy atom. The zero-order valence-electron chi connectivity index (χ0n) is 8.03. The lowest BCUT2D eigenvalue weighted by Gasteiger charge is -2.07. The molecule has 2 aromatic rings. The van der Waals surface area contributed by atoms with E-state index in [9.17, 15) is 5.11 Å². The van der Waals surface area contributed by atoms with Gasteiger partial charge in [-0.2, -0.15) is 11.3 Å². The number of hydrogen-bond acceptors (Lipinski definition) is 3. The van der Waals surface area contributed by atoms with E-state index in [-0.39, 0.29) is 5.75 Å². The van der Waals surface area contributed by atoms with E-state index in [1.807, 2.05) is 22.9 Å². The van der Waals surface area contributed by atoms with Gasteiger partial charge in [-0.3, -0.25) is 0 Å². The largest absolute Gasteiger partial charge is 0.504 e. The third kappa shape index (κ3) is 1.87. The van der Waals surface area contributed by atoms with E-state index in [1.54, 1.807) is 24.5 Å². The molecular weight excluding hydrogens is 276 g/mol. The van der Waals surface area contributed by atoms with Crippen LogP contribution in [0, 0.1) is 0 Å². The van der Waals surface area contributed by atoms with E-state index in [0.717, 1.165) is 15.6 Å². The van der Waals surface area contributed by atoms with Crippen LogP contribution in [0.4, 0.5) is 0 Å². The molecule has 0 aliphatic heterocycles. The highest BCUT2D eigenvalue weighted by Gasteiger charge is 2.12. The Kier molecular flexibility index (Phi) is 2.98. The molecule has 0 unspecified atom stereocenters. The van der Waals surface area contributed by atoms with E-state index in [0.29, 0.717) is 5.75 Å². The van der Waals surface area contributed by atoms with Gasteiger partial charge >= 0.3 is 0 Å². The monoisotopic (exact) mass is 284 g/mol. The number of halogens is 1. The van der Waals surface area contributed by atoms with Gasteiger partial charge in [-0.25, -0.2) is 0 Å². The van der Waals surface area contributed by atoms with Gasteiger partial charge in [-0.15, -0.1) is 0 Å². The number of benzene rings is 1. The second kappa shape index (κ2) is 4.24. The summed E-state index contributed by atoms with van der Waals surface area (Å²) >= 11 is 5.03. The van der Waals surface area contributed by atoms with E-state index >= 15 is 0 Å². The predicted octanol–water partition coefficient (Wildman–Crippen LogP) is 3.89. The Balaban J connectivity index is 2.59. The van der Waals surface area contributed by atoms with Crippen molar-refractivity contribution in [2.45, 2.75) is 0 Å². The van der Waals surface area contributed by atoms with Gasteiger partial charge < -0.3 is 9.84 Å². The number of para-hydroxylation sites is 1. The molecule has 1 aromatic carbocycles. The summed E-state index contributed by atoms with van der Waals surface area (Å²) in [4.78, 5) is 0. The molecule has 0 bridgehead atoms. The van der Waals surface area contributed by atoms with Gasteiger partial charge in [-0.05, 0) is 27.4 Å². The van der Waals surface area contributed by atoms with Crippen molar-refractivity contribution in [1.29, 1.82) is 0 Å². The Hall–Kier alpha value is -1.00. The molecule has 1 heterocycles. The van der Waals surface area contributed by atoms with Crippen LogP contribution in [0.3, 0.4) is 0 Å². The van der Waals surface area contributed by atoms with Crippen molar-refractivity contribution in [2.75, 3.05) is 7.11 Å². The lowest BCUT2D eigenvalue weighted by atomic mass is 10.1. The van der Waals surface area contributed by atoms with Crippen LogP contribution in [0.2, 0.25) is 0 Å². The molecule has 0 aliphatic carbocycles. The molecule has 0 amide bonds. The number of phenolic OH excluding ortho intramolecular Hbond substituents is 1. The van der Waals surface area contributed by atoms with Crippen LogP contribution >= 0.6 is 27.3 Å². The number of phenols is 1. The van der Waals surface area contributed by atoms with E-state index < -0.39 is 0 Å². The first-order chi connectivity index (χ1) is 7.24. The molecule has 0 spiro atoms. The predicted molar refractivity (Wildman–Crippen MR) is 65.7 cm³/mol. The second-order valence-electron chi connectivity index (χ2n) is 2.99. The second-order valence-corrected chi connectivity index (χ2v) is 4.59. The fourth-order valence-electron chi connectivity index (χ4n) is 1.38. The molecule has 4 heteroatoms. The molecule has 0 saturated heterocycles. The van der Waals surface area contributed by atoms with Gasteiger partial charge in [0.2, 0.25) is 0 Å². The summed E-state index contributed by atoms with van der Waals surface area (Å²) in [5.41, 5.74) is 1.76. The molecule has 0 fully saturated rings. The van der Waals surface area contributed by atoms with E-state index in [2.05, 4.69) is 15.9 Å². The minimum atomic E-state index is 0.180. The van der Waals surface area contributed by atoms with E-state index in [4.69, 9.17) is 4.74 Å². The first-order valence-electron chi connectivity index (χ1n) is 4.32. The smallest absolute Gasteiger partial charge is 0.165 e. The molecule has 2 rings (SSSR count). The zero-order chi connectivity index (χ0) is 10.8. The molecule has 0 atom stereocenters. The van der Waals surface area contributed by atoms with Crippen molar-refractivity contribution in [1.82, 2.24) is 0 Å². The average Bonchev–Trinajstić information content (AvgIpc) is 2.65. The molecule has 0 radical (unpaired) electrons. The summed E-state index contributed by atoms with van der Waals surface area (Å²) < 4.78 is 6.04. The van der Waals surface area contributed by atoms with Crippen molar-refractivity contribution < 1.29 is 9.84 Å². The lowest BCUT2D eigenvalue weighted by molar-refractivity contribution is 0.374. The molecular formula is C11H9BrO2S. The summed E-state index contributed by atoms with van der Waals surface area (Å²) in [5.74, 6) is 0.671. The number of thiophene rings is 1. The van der Waals surface area contributed by atoms with Crippen LogP contribution in [0.5, 0.6) is 11.5 Å². The highest BCUT2D eigenvalue weighted by molar-refractivity contribution is 9.10. The van der Waals surface area contributed by atoms with Crippen LogP contribution in [-0.4, -0.2) is 12.2 Å². The number of aromatic hydroxyl groups is 1. The number of ether oxygens (including phenoxy) is 1. The topological polar surface area (TPSA) is 29.5 Å². The Morgan fingerprint density at radius 3 is 2.67 bits per heavy atom. The van der Waals surface area contributed by atoms with Crippen LogP contribution in [-0.2, 0) is 0 Å². The van der Waals surface area contributed by atoms with Gasteiger partial charge in [0, 0.05) is 21.0 Å². The van der Waals surface area contributed by atoms with Gasteiger partial charge in [0.1, 0.15) is 0 Å². The molecule has 1 N–H and O–H groups in total. The van der Waals surface area contributed by atoms with Crippen LogP contribution in [0.25, 0.3) is 11.1 Å². The van der Waals surface area contributed by atoms with Crippen LogP contribution in [0.15, 0.2) is 33.4 Å². The van der Waals surface area contributed by atoms with Gasteiger partial charge in [0.05, 0.1) is 7.11 Å². The Bertz CT molecular complexity index is 479. The van der Waals surface area contributed by atoms with Crippen molar-refractivity contribution in [2.24, 2.45) is 0 Å². The molecule has 0 aliphatic rings. The normalized spacial score (nSPS) is 10.3. The van der Waals surface area contributed by atoms with Crippen molar-refractivity contribution >= 4 is 27.3 Å². The standard InChI is InChI=1S/C11H9BrO2S/c1-14-10-4-2-3-7(11(10)13)8-5-15-6-9(8)12/h2-6,13H,1H3. The summed E-state index contributed by atoms with van der Waals surface area (Å²) in [6, 6.07) is 5.46. The third-order valence-electron chi connectivity index (χ3n) is 2.12. The van der Waals surface area contributed by atoms with Gasteiger partial charge in [0.25, 0.3) is 0 Å². The summed E-state index contributed by atoms with van der Waals surface area (Å²) in [6.07, 6.45) is 0. The zero-order valence-corrected chi connectivity index (χ0v) is 10.4. The minimum Gasteiger partial charge on any atom is -0.504 e. The molecule has 78 valence electrons. The molecule has 1 aromatic heterocycles. The third-order valence-corrected chi connectivity index (χ3v) is 3.83. The maximum atomic E-state index is 9.94. The number of methoxy groups -OCH3 is 1. The average molecular weight is 285 g/mol. The Labute approximate surface area is 100 Å². The fourth-order valence-corrected chi connectivity index (χ4v) is 2.89. The highest BCUT2D eigenvalue weighted by Crippen LogP contribution is 2.41. The Morgan fingerprint density at radius 1 is 1.27 bits per heavy atom. The fraction of sp³-hybridized carbons (Fsp3) is 0.0909. The van der Waals surface area contributed by atoms with Crippen molar-refractivity contribution in [3.8, 4) is 22.6 Å². The van der Waals surface area contributed by atoms with Crippen molar-refractivity contribution in [3.05, 3.63) is 33.4 Å². The van der Waals surface area contributed by atoms with Crippen LogP contribution < -0.4 is 4.74 Å². The SMILES string of the molecule is COc1cccc(-c2cscc2Br)c1O. The first-order valence-corrected chi connectivity index (χ1v) is 6.05. The van der Waals surface area contributed by atoms with Crippen LogP contribution in [0.1, 0.15) is 0 Å². The summed E-state index contributed by atoms with van der Waals surface area (Å²) in [6.45, 7) is 0. The lowest BCUT2D eigenvalue weighted by Crippen LogP contribution is -1.85. The molecule has 15 heavy (non-hydrogen) atoms. The minimum absolute atomic E-state index is 0.180. The number of rotatable bonds is 2. The maximum absolute atomic E-state index is 9.94. The molecule has 0 saturated carbocycles. The number of hydrogen-bond donors (Lipinski definition) is 1. The summed E-state index contributed by atoms with van der Waals surface area (Å²) in [5, 5.41) is 13.9. The quantitative estimate of drug-likeness (QED) is 0.907. The maximum Gasteiger partial charge on any atom is 0.165 e. The highest BCUT2D eigenvalue weighted by atomic mass is 79.9. The first kappa shape index (κ1) is 10.5.